The van der Waals surface area contributed by atoms with E-state index in [0.29, 0.717) is 6.54 Å². The van der Waals surface area contributed by atoms with E-state index in [1.165, 1.54) is 16.5 Å². The van der Waals surface area contributed by atoms with Gasteiger partial charge in [-0.2, -0.15) is 0 Å². The molecule has 0 bridgehead atoms. The van der Waals surface area contributed by atoms with E-state index in [4.69, 9.17) is 11.5 Å². The molecule has 0 saturated carbocycles. The number of rotatable bonds is 5. The number of aromatic nitrogens is 1. The van der Waals surface area contributed by atoms with Crippen LogP contribution in [-0.4, -0.2) is 35.6 Å². The first kappa shape index (κ1) is 13.1. The minimum absolute atomic E-state index is 0.0463. The quantitative estimate of drug-likeness (QED) is 0.824. The van der Waals surface area contributed by atoms with Crippen molar-refractivity contribution in [3.63, 3.8) is 0 Å². The van der Waals surface area contributed by atoms with E-state index in [9.17, 15) is 0 Å². The smallest absolute Gasteiger partial charge is 0.0481 e. The number of hydrogen-bond acceptors (Lipinski definition) is 3. The van der Waals surface area contributed by atoms with Crippen molar-refractivity contribution >= 4 is 10.9 Å². The zero-order valence-corrected chi connectivity index (χ0v) is 11.1. The van der Waals surface area contributed by atoms with Gasteiger partial charge in [-0.15, -0.1) is 0 Å². The molecular formula is C14H22N4. The molecule has 4 nitrogen and oxygen atoms in total. The van der Waals surface area contributed by atoms with Crippen molar-refractivity contribution in [3.05, 3.63) is 36.0 Å². The Hall–Kier alpha value is -1.36. The van der Waals surface area contributed by atoms with E-state index < -0.39 is 0 Å². The van der Waals surface area contributed by atoms with Crippen LogP contribution in [0, 0.1) is 0 Å². The summed E-state index contributed by atoms with van der Waals surface area (Å²) in [5, 5.41) is 1.31. The molecule has 1 aromatic heterocycles. The third-order valence-electron chi connectivity index (χ3n) is 3.27. The van der Waals surface area contributed by atoms with Crippen molar-refractivity contribution in [2.24, 2.45) is 18.5 Å². The summed E-state index contributed by atoms with van der Waals surface area (Å²) >= 11 is 0. The van der Waals surface area contributed by atoms with Crippen LogP contribution >= 0.6 is 0 Å². The van der Waals surface area contributed by atoms with Crippen LogP contribution < -0.4 is 11.5 Å². The number of likely N-dealkylation sites (N-methyl/N-ethyl adjacent to an activating group) is 1. The number of fused-ring (bicyclic) bond motifs is 1. The molecular weight excluding hydrogens is 224 g/mol. The van der Waals surface area contributed by atoms with Crippen LogP contribution in [0.15, 0.2) is 30.5 Å². The third-order valence-corrected chi connectivity index (χ3v) is 3.27. The Morgan fingerprint density at radius 1 is 1.33 bits per heavy atom. The summed E-state index contributed by atoms with van der Waals surface area (Å²) in [6, 6.07) is 8.51. The summed E-state index contributed by atoms with van der Waals surface area (Å²) in [6.07, 6.45) is 2.19. The van der Waals surface area contributed by atoms with Crippen molar-refractivity contribution in [2.45, 2.75) is 12.6 Å². The van der Waals surface area contributed by atoms with E-state index >= 15 is 0 Å². The summed E-state index contributed by atoms with van der Waals surface area (Å²) < 4.78 is 2.17. The van der Waals surface area contributed by atoms with Gasteiger partial charge in [0.05, 0.1) is 0 Å². The average molecular weight is 246 g/mol. The fourth-order valence-electron chi connectivity index (χ4n) is 2.38. The van der Waals surface area contributed by atoms with E-state index in [1.54, 1.807) is 0 Å². The highest BCUT2D eigenvalue weighted by Crippen LogP contribution is 2.21. The lowest BCUT2D eigenvalue weighted by atomic mass is 10.1. The molecule has 1 aromatic carbocycles. The lowest BCUT2D eigenvalue weighted by molar-refractivity contribution is 0.306. The molecule has 0 aliphatic carbocycles. The highest BCUT2D eigenvalue weighted by atomic mass is 15.1. The first-order valence-electron chi connectivity index (χ1n) is 6.29. The normalized spacial score (nSPS) is 13.4. The number of nitrogens with zero attached hydrogens (tertiary/aromatic N) is 2. The predicted molar refractivity (Wildman–Crippen MR) is 76.3 cm³/mol. The van der Waals surface area contributed by atoms with Crippen molar-refractivity contribution < 1.29 is 0 Å². The maximum atomic E-state index is 5.87. The molecule has 0 aliphatic heterocycles. The van der Waals surface area contributed by atoms with E-state index in [-0.39, 0.29) is 6.04 Å². The largest absolute Gasteiger partial charge is 0.350 e. The van der Waals surface area contributed by atoms with E-state index in [0.717, 1.165) is 13.1 Å². The zero-order valence-electron chi connectivity index (χ0n) is 11.1. The maximum absolute atomic E-state index is 5.87. The highest BCUT2D eigenvalue weighted by molar-refractivity contribution is 5.83. The second-order valence-electron chi connectivity index (χ2n) is 4.97. The van der Waals surface area contributed by atoms with Gasteiger partial charge in [-0.3, -0.25) is 0 Å². The third kappa shape index (κ3) is 2.72. The first-order valence-corrected chi connectivity index (χ1v) is 6.29. The molecule has 0 fully saturated rings. The van der Waals surface area contributed by atoms with Crippen LogP contribution in [0.1, 0.15) is 5.56 Å². The molecule has 98 valence electrons. The van der Waals surface area contributed by atoms with Crippen LogP contribution in [-0.2, 0) is 13.6 Å². The van der Waals surface area contributed by atoms with Crippen LogP contribution in [0.4, 0.5) is 0 Å². The van der Waals surface area contributed by atoms with Crippen LogP contribution in [0.25, 0.3) is 10.9 Å². The summed E-state index contributed by atoms with van der Waals surface area (Å²) in [5.74, 6) is 0. The van der Waals surface area contributed by atoms with Crippen LogP contribution in [0.2, 0.25) is 0 Å². The minimum Gasteiger partial charge on any atom is -0.350 e. The summed E-state index contributed by atoms with van der Waals surface area (Å²) in [4.78, 5) is 2.22. The van der Waals surface area contributed by atoms with Crippen molar-refractivity contribution in [1.82, 2.24) is 9.47 Å². The molecule has 1 heterocycles. The molecule has 0 aliphatic rings. The number of aryl methyl sites for hydroxylation is 1. The summed E-state index contributed by atoms with van der Waals surface area (Å²) in [6.45, 7) is 2.24. The number of nitrogens with two attached hydrogens (primary N) is 2. The second-order valence-corrected chi connectivity index (χ2v) is 4.97. The molecule has 2 rings (SSSR count). The van der Waals surface area contributed by atoms with Crippen molar-refractivity contribution in [2.75, 3.05) is 20.1 Å². The van der Waals surface area contributed by atoms with E-state index in [2.05, 4.69) is 54.0 Å². The average Bonchev–Trinajstić information content (AvgIpc) is 2.67. The van der Waals surface area contributed by atoms with Crippen molar-refractivity contribution in [3.8, 4) is 0 Å². The van der Waals surface area contributed by atoms with Gasteiger partial charge in [-0.25, -0.2) is 0 Å². The monoisotopic (exact) mass is 246 g/mol. The maximum Gasteiger partial charge on any atom is 0.0481 e. The Morgan fingerprint density at radius 2 is 2.06 bits per heavy atom. The highest BCUT2D eigenvalue weighted by Gasteiger charge is 2.10. The molecule has 0 radical (unpaired) electrons. The van der Waals surface area contributed by atoms with Crippen LogP contribution in [0.5, 0.6) is 0 Å². The number of hydrogen-bond donors (Lipinski definition) is 2. The van der Waals surface area contributed by atoms with Gasteiger partial charge in [0.25, 0.3) is 0 Å². The topological polar surface area (TPSA) is 60.2 Å². The van der Waals surface area contributed by atoms with Crippen molar-refractivity contribution in [1.29, 1.82) is 0 Å². The lowest BCUT2D eigenvalue weighted by Gasteiger charge is -2.19. The zero-order chi connectivity index (χ0) is 13.1. The van der Waals surface area contributed by atoms with Crippen LogP contribution in [0.3, 0.4) is 0 Å². The first-order chi connectivity index (χ1) is 8.61. The molecule has 2 aromatic rings. The minimum atomic E-state index is 0.0463. The Kier molecular flexibility index (Phi) is 4.01. The molecule has 1 unspecified atom stereocenters. The molecule has 4 heteroatoms. The van der Waals surface area contributed by atoms with Gasteiger partial charge in [0.15, 0.2) is 0 Å². The Balaban J connectivity index is 2.17. The van der Waals surface area contributed by atoms with Gasteiger partial charge in [0.1, 0.15) is 0 Å². The number of para-hydroxylation sites is 1. The molecule has 0 saturated heterocycles. The Bertz CT molecular complexity index is 517. The van der Waals surface area contributed by atoms with Gasteiger partial charge in [0, 0.05) is 49.8 Å². The Labute approximate surface area is 108 Å². The van der Waals surface area contributed by atoms with E-state index in [1.807, 2.05) is 0 Å². The van der Waals surface area contributed by atoms with Gasteiger partial charge in [-0.05, 0) is 18.7 Å². The van der Waals surface area contributed by atoms with Gasteiger partial charge in [0.2, 0.25) is 0 Å². The molecule has 0 spiro atoms. The SMILES string of the molecule is CN(Cc1cn(C)c2ccccc12)CC(N)CN. The van der Waals surface area contributed by atoms with Gasteiger partial charge < -0.3 is 20.9 Å². The standard InChI is InChI=1S/C14H22N4/c1-17(10-12(16)7-15)8-11-9-18(2)14-6-4-3-5-13(11)14/h3-6,9,12H,7-8,10,15-16H2,1-2H3. The van der Waals surface area contributed by atoms with Gasteiger partial charge >= 0.3 is 0 Å². The number of benzene rings is 1. The Morgan fingerprint density at radius 3 is 2.78 bits per heavy atom. The fourth-order valence-corrected chi connectivity index (χ4v) is 2.38. The molecule has 4 N–H and O–H groups in total. The fraction of sp³-hybridized carbons (Fsp3) is 0.429. The second kappa shape index (κ2) is 5.52. The lowest BCUT2D eigenvalue weighted by Crippen LogP contribution is -2.40. The molecule has 18 heavy (non-hydrogen) atoms. The van der Waals surface area contributed by atoms with Gasteiger partial charge in [-0.1, -0.05) is 18.2 Å². The predicted octanol–water partition coefficient (Wildman–Crippen LogP) is 0.896. The summed E-state index contributed by atoms with van der Waals surface area (Å²) in [5.41, 5.74) is 14.0. The molecule has 0 amide bonds. The summed E-state index contributed by atoms with van der Waals surface area (Å²) in [7, 11) is 4.16. The molecule has 1 atom stereocenters.